The van der Waals surface area contributed by atoms with Crippen molar-refractivity contribution in [2.75, 3.05) is 6.61 Å². The highest BCUT2D eigenvalue weighted by Gasteiger charge is 2.07. The van der Waals surface area contributed by atoms with Gasteiger partial charge in [-0.25, -0.2) is 5.43 Å². The van der Waals surface area contributed by atoms with Gasteiger partial charge >= 0.3 is 0 Å². The smallest absolute Gasteiger partial charge is 0.277 e. The van der Waals surface area contributed by atoms with Gasteiger partial charge in [0.25, 0.3) is 11.6 Å². The Labute approximate surface area is 206 Å². The highest BCUT2D eigenvalue weighted by atomic mass is 127. The molecule has 0 spiro atoms. The minimum absolute atomic E-state index is 0.0487. The third-order valence-corrected chi connectivity index (χ3v) is 5.08. The number of hydrogen-bond donors (Lipinski definition) is 2. The summed E-state index contributed by atoms with van der Waals surface area (Å²) in [6.07, 6.45) is 1.25. The van der Waals surface area contributed by atoms with Crippen LogP contribution in [-0.2, 0) is 4.79 Å². The number of carbonyl (C=O) groups excluding carboxylic acids is 1. The van der Waals surface area contributed by atoms with Crippen molar-refractivity contribution in [2.45, 2.75) is 0 Å². The molecule has 0 aliphatic carbocycles. The highest BCUT2D eigenvalue weighted by molar-refractivity contribution is 14.1. The Kier molecular flexibility index (Phi) is 8.27. The number of nitro groups is 1. The van der Waals surface area contributed by atoms with E-state index in [1.807, 2.05) is 22.6 Å². The van der Waals surface area contributed by atoms with E-state index in [1.54, 1.807) is 18.2 Å². The van der Waals surface area contributed by atoms with Crippen molar-refractivity contribution < 1.29 is 19.6 Å². The molecule has 0 radical (unpaired) electrons. The fourth-order valence-corrected chi connectivity index (χ4v) is 3.43. The lowest BCUT2D eigenvalue weighted by molar-refractivity contribution is -0.384. The number of nitrogens with one attached hydrogen (secondary N) is 1. The molecular weight excluding hydrogens is 565 g/mol. The Morgan fingerprint density at radius 1 is 1.12 bits per heavy atom. The number of carbonyl (C=O) groups is 1. The molecule has 0 aliphatic rings. The van der Waals surface area contributed by atoms with Gasteiger partial charge in [0.05, 0.1) is 26.1 Å². The van der Waals surface area contributed by atoms with Crippen LogP contribution in [0.4, 0.5) is 17.1 Å². The quantitative estimate of drug-likeness (QED) is 0.119. The van der Waals surface area contributed by atoms with E-state index in [-0.39, 0.29) is 18.0 Å². The van der Waals surface area contributed by atoms with Crippen LogP contribution in [0, 0.1) is 13.7 Å². The molecule has 0 fully saturated rings. The van der Waals surface area contributed by atoms with Gasteiger partial charge in [-0.15, -0.1) is 0 Å². The highest BCUT2D eigenvalue weighted by Crippen LogP contribution is 2.26. The second-order valence-corrected chi connectivity index (χ2v) is 7.97. The van der Waals surface area contributed by atoms with Crippen molar-refractivity contribution in [2.24, 2.45) is 15.3 Å². The topological polar surface area (TPSA) is 139 Å². The summed E-state index contributed by atoms with van der Waals surface area (Å²) in [6.45, 7) is -0.259. The molecule has 0 aliphatic heterocycles. The van der Waals surface area contributed by atoms with Crippen LogP contribution in [-0.4, -0.2) is 28.8 Å². The number of hydrazone groups is 1. The molecule has 3 rings (SSSR count). The van der Waals surface area contributed by atoms with E-state index < -0.39 is 10.8 Å². The standard InChI is InChI=1S/C21H15ClIN5O5/c22-14-1-8-20(18(23)10-14)33-12-21(30)27-24-11-13-9-16(4-7-19(13)29)26-25-15-2-5-17(6-3-15)28(31)32/h1-11,29H,12H2,(H,27,30)/b24-11+,26-25?. The van der Waals surface area contributed by atoms with Gasteiger partial charge in [0, 0.05) is 22.7 Å². The van der Waals surface area contributed by atoms with Gasteiger partial charge < -0.3 is 9.84 Å². The SMILES string of the molecule is O=C(COc1ccc(Cl)cc1I)N/N=C/c1cc(N=Nc2ccc([N+](=O)[O-])cc2)ccc1O. The predicted molar refractivity (Wildman–Crippen MR) is 131 cm³/mol. The zero-order valence-electron chi connectivity index (χ0n) is 16.7. The van der Waals surface area contributed by atoms with Crippen molar-refractivity contribution in [3.8, 4) is 11.5 Å². The zero-order valence-corrected chi connectivity index (χ0v) is 19.6. The van der Waals surface area contributed by atoms with Gasteiger partial charge in [-0.05, 0) is 71.1 Å². The fourth-order valence-electron chi connectivity index (χ4n) is 2.41. The minimum atomic E-state index is -0.504. The number of hydrogen-bond acceptors (Lipinski definition) is 8. The van der Waals surface area contributed by atoms with Crippen molar-refractivity contribution in [3.63, 3.8) is 0 Å². The number of nitrogens with zero attached hydrogens (tertiary/aromatic N) is 4. The van der Waals surface area contributed by atoms with Gasteiger partial charge in [0.1, 0.15) is 11.5 Å². The van der Waals surface area contributed by atoms with Crippen molar-refractivity contribution in [1.82, 2.24) is 5.43 Å². The van der Waals surface area contributed by atoms with E-state index >= 15 is 0 Å². The van der Waals surface area contributed by atoms with E-state index in [0.29, 0.717) is 27.7 Å². The predicted octanol–water partition coefficient (Wildman–Crippen LogP) is 5.50. The summed E-state index contributed by atoms with van der Waals surface area (Å²) in [7, 11) is 0. The average molecular weight is 580 g/mol. The zero-order chi connectivity index (χ0) is 23.8. The van der Waals surface area contributed by atoms with Crippen LogP contribution in [0.25, 0.3) is 0 Å². The summed E-state index contributed by atoms with van der Waals surface area (Å²) in [6, 6.07) is 15.0. The molecule has 168 valence electrons. The molecule has 0 atom stereocenters. The second-order valence-electron chi connectivity index (χ2n) is 6.37. The van der Waals surface area contributed by atoms with E-state index in [4.69, 9.17) is 16.3 Å². The fraction of sp³-hybridized carbons (Fsp3) is 0.0476. The van der Waals surface area contributed by atoms with E-state index in [9.17, 15) is 20.0 Å². The lowest BCUT2D eigenvalue weighted by atomic mass is 10.2. The number of nitro benzene ring substituents is 1. The average Bonchev–Trinajstić information content (AvgIpc) is 2.79. The van der Waals surface area contributed by atoms with Gasteiger partial charge in [0.2, 0.25) is 0 Å². The monoisotopic (exact) mass is 579 g/mol. The largest absolute Gasteiger partial charge is 0.507 e. The first-order chi connectivity index (χ1) is 15.8. The van der Waals surface area contributed by atoms with Crippen LogP contribution in [0.2, 0.25) is 5.02 Å². The molecule has 10 nitrogen and oxygen atoms in total. The summed E-state index contributed by atoms with van der Waals surface area (Å²) < 4.78 is 6.19. The maximum absolute atomic E-state index is 11.9. The Bertz CT molecular complexity index is 1230. The number of phenols is 1. The molecule has 12 heteroatoms. The summed E-state index contributed by atoms with van der Waals surface area (Å²) in [5.41, 5.74) is 3.38. The maximum Gasteiger partial charge on any atom is 0.277 e. The van der Waals surface area contributed by atoms with Crippen molar-refractivity contribution in [3.05, 3.63) is 84.9 Å². The number of benzene rings is 3. The summed E-state index contributed by atoms with van der Waals surface area (Å²) >= 11 is 7.93. The van der Waals surface area contributed by atoms with Crippen LogP contribution in [0.5, 0.6) is 11.5 Å². The van der Waals surface area contributed by atoms with Crippen molar-refractivity contribution >= 4 is 63.4 Å². The number of ether oxygens (including phenoxy) is 1. The molecule has 1 amide bonds. The molecular formula is C21H15ClIN5O5. The Hall–Kier alpha value is -3.58. The molecule has 3 aromatic rings. The second kappa shape index (κ2) is 11.3. The van der Waals surface area contributed by atoms with Crippen LogP contribution in [0.3, 0.4) is 0 Å². The molecule has 3 aromatic carbocycles. The van der Waals surface area contributed by atoms with Gasteiger partial charge in [-0.2, -0.15) is 15.3 Å². The summed E-state index contributed by atoms with van der Waals surface area (Å²) in [5.74, 6) is -0.0531. The van der Waals surface area contributed by atoms with Crippen LogP contribution in [0.1, 0.15) is 5.56 Å². The molecule has 0 bridgehead atoms. The number of azo groups is 1. The van der Waals surface area contributed by atoms with Crippen LogP contribution in [0.15, 0.2) is 76.0 Å². The van der Waals surface area contributed by atoms with E-state index in [0.717, 1.165) is 3.57 Å². The summed E-state index contributed by atoms with van der Waals surface area (Å²) in [5, 5.41) is 33.1. The number of halogens is 2. The van der Waals surface area contributed by atoms with Gasteiger partial charge in [0.15, 0.2) is 6.61 Å². The first-order valence-electron chi connectivity index (χ1n) is 9.21. The Morgan fingerprint density at radius 2 is 1.82 bits per heavy atom. The lowest BCUT2D eigenvalue weighted by Gasteiger charge is -2.07. The first kappa shape index (κ1) is 24.1. The first-order valence-corrected chi connectivity index (χ1v) is 10.7. The minimum Gasteiger partial charge on any atom is -0.507 e. The molecule has 0 saturated heterocycles. The van der Waals surface area contributed by atoms with E-state index in [2.05, 4.69) is 20.8 Å². The molecule has 0 aromatic heterocycles. The van der Waals surface area contributed by atoms with E-state index in [1.165, 1.54) is 48.7 Å². The molecule has 0 unspecified atom stereocenters. The number of rotatable bonds is 8. The van der Waals surface area contributed by atoms with Gasteiger partial charge in [-0.3, -0.25) is 14.9 Å². The normalized spacial score (nSPS) is 11.1. The third kappa shape index (κ3) is 7.22. The molecule has 2 N–H and O–H groups in total. The summed E-state index contributed by atoms with van der Waals surface area (Å²) in [4.78, 5) is 22.1. The Morgan fingerprint density at radius 3 is 2.52 bits per heavy atom. The number of non-ortho nitro benzene ring substituents is 1. The number of aromatic hydroxyl groups is 1. The van der Waals surface area contributed by atoms with Crippen LogP contribution >= 0.6 is 34.2 Å². The van der Waals surface area contributed by atoms with Crippen molar-refractivity contribution in [1.29, 1.82) is 0 Å². The lowest BCUT2D eigenvalue weighted by Crippen LogP contribution is -2.24. The van der Waals surface area contributed by atoms with Gasteiger partial charge in [-0.1, -0.05) is 11.6 Å². The Balaban J connectivity index is 1.58. The van der Waals surface area contributed by atoms with Crippen LogP contribution < -0.4 is 10.2 Å². The third-order valence-electron chi connectivity index (χ3n) is 4.00. The number of amides is 1. The maximum atomic E-state index is 11.9. The number of phenolic OH excluding ortho intramolecular Hbond substituents is 1. The molecule has 0 saturated carbocycles. The molecule has 33 heavy (non-hydrogen) atoms. The molecule has 0 heterocycles.